The normalized spacial score (nSPS) is 19.7. The summed E-state index contributed by atoms with van der Waals surface area (Å²) in [6.45, 7) is 1.50. The fraction of sp³-hybridized carbons (Fsp3) is 0.375. The van der Waals surface area contributed by atoms with Crippen LogP contribution >= 0.6 is 11.8 Å². The third-order valence-electron chi connectivity index (χ3n) is 6.32. The molecule has 36 heavy (non-hydrogen) atoms. The van der Waals surface area contributed by atoms with Gasteiger partial charge in [0, 0.05) is 37.8 Å². The van der Waals surface area contributed by atoms with E-state index < -0.39 is 17.3 Å². The molecule has 1 fully saturated rings. The standard InChI is InChI=1S/C24H25FN6O4S/c1-35-20-5-3-16-21(30-20)14(15(25)10-26-16)6-8-31-9-7-24(34,13-31)12-27-23(33)17-2-4-18-22(28-17)29-19(32)11-36-18/h2-5,10,34H,6-9,11-13H2,1H3,(H,27,33)(H,28,29,32)/t24-/m0/s1. The average molecular weight is 513 g/mol. The number of methoxy groups -OCH3 is 1. The van der Waals surface area contributed by atoms with E-state index in [1.54, 1.807) is 24.3 Å². The minimum atomic E-state index is -1.12. The molecule has 5 rings (SSSR count). The zero-order valence-electron chi connectivity index (χ0n) is 19.6. The molecule has 12 heteroatoms. The lowest BCUT2D eigenvalue weighted by Gasteiger charge is -2.24. The zero-order chi connectivity index (χ0) is 25.3. The number of rotatable bonds is 7. The fourth-order valence-electron chi connectivity index (χ4n) is 4.40. The van der Waals surface area contributed by atoms with Crippen molar-refractivity contribution in [1.82, 2.24) is 25.2 Å². The van der Waals surface area contributed by atoms with Gasteiger partial charge in [0.05, 0.1) is 40.6 Å². The van der Waals surface area contributed by atoms with Gasteiger partial charge in [0.1, 0.15) is 17.3 Å². The average Bonchev–Trinajstić information content (AvgIpc) is 3.26. The number of pyridine rings is 3. The summed E-state index contributed by atoms with van der Waals surface area (Å²) in [6, 6.07) is 6.77. The van der Waals surface area contributed by atoms with Gasteiger partial charge >= 0.3 is 0 Å². The number of carbonyl (C=O) groups excluding carboxylic acids is 2. The highest BCUT2D eigenvalue weighted by Crippen LogP contribution is 2.30. The van der Waals surface area contributed by atoms with E-state index in [0.29, 0.717) is 66.5 Å². The lowest BCUT2D eigenvalue weighted by Crippen LogP contribution is -2.45. The van der Waals surface area contributed by atoms with E-state index >= 15 is 0 Å². The minimum absolute atomic E-state index is 0.0491. The van der Waals surface area contributed by atoms with E-state index in [0.717, 1.165) is 4.90 Å². The highest BCUT2D eigenvalue weighted by Gasteiger charge is 2.36. The van der Waals surface area contributed by atoms with Crippen LogP contribution in [0, 0.1) is 5.82 Å². The molecule has 3 N–H and O–H groups in total. The SMILES string of the molecule is COc1ccc2ncc(F)c(CCN3CC[C@](O)(CNC(=O)c4ccc5c(n4)NC(=O)CS5)C3)c2n1. The molecule has 1 saturated heterocycles. The summed E-state index contributed by atoms with van der Waals surface area (Å²) in [6.07, 6.45) is 2.04. The Bertz CT molecular complexity index is 1340. The molecule has 3 aromatic heterocycles. The number of anilines is 1. The molecule has 0 spiro atoms. The molecule has 0 saturated carbocycles. The van der Waals surface area contributed by atoms with E-state index in [1.807, 2.05) is 4.90 Å². The predicted molar refractivity (Wildman–Crippen MR) is 132 cm³/mol. The van der Waals surface area contributed by atoms with Gasteiger partial charge in [-0.25, -0.2) is 14.4 Å². The Balaban J connectivity index is 1.19. The van der Waals surface area contributed by atoms with Crippen LogP contribution in [-0.2, 0) is 11.2 Å². The Morgan fingerprint density at radius 1 is 1.33 bits per heavy atom. The summed E-state index contributed by atoms with van der Waals surface area (Å²) < 4.78 is 19.8. The number of thioether (sulfide) groups is 1. The number of aromatic nitrogens is 3. The Kier molecular flexibility index (Phi) is 6.73. The number of nitrogens with zero attached hydrogens (tertiary/aromatic N) is 4. The summed E-state index contributed by atoms with van der Waals surface area (Å²) in [4.78, 5) is 39.8. The number of halogens is 1. The number of carbonyl (C=O) groups is 2. The molecule has 0 unspecified atom stereocenters. The van der Waals surface area contributed by atoms with Crippen molar-refractivity contribution in [3.8, 4) is 5.88 Å². The first-order chi connectivity index (χ1) is 17.3. The van der Waals surface area contributed by atoms with Gasteiger partial charge in [-0.15, -0.1) is 11.8 Å². The molecule has 10 nitrogen and oxygen atoms in total. The van der Waals surface area contributed by atoms with E-state index in [1.165, 1.54) is 25.1 Å². The number of hydrogen-bond acceptors (Lipinski definition) is 9. The molecule has 5 heterocycles. The molecule has 188 valence electrons. The molecule has 2 amide bonds. The van der Waals surface area contributed by atoms with Crippen LogP contribution in [0.15, 0.2) is 35.4 Å². The van der Waals surface area contributed by atoms with Crippen LogP contribution in [0.3, 0.4) is 0 Å². The van der Waals surface area contributed by atoms with Crippen LogP contribution in [-0.4, -0.2) is 81.4 Å². The summed E-state index contributed by atoms with van der Waals surface area (Å²) in [5.41, 5.74) is 0.545. The van der Waals surface area contributed by atoms with Crippen molar-refractivity contribution in [1.29, 1.82) is 0 Å². The van der Waals surface area contributed by atoms with Gasteiger partial charge in [0.15, 0.2) is 0 Å². The number of fused-ring (bicyclic) bond motifs is 2. The van der Waals surface area contributed by atoms with Crippen molar-refractivity contribution in [2.24, 2.45) is 0 Å². The first kappa shape index (κ1) is 24.3. The largest absolute Gasteiger partial charge is 0.481 e. The van der Waals surface area contributed by atoms with Gasteiger partial charge in [-0.05, 0) is 31.0 Å². The minimum Gasteiger partial charge on any atom is -0.481 e. The van der Waals surface area contributed by atoms with Gasteiger partial charge in [-0.1, -0.05) is 0 Å². The van der Waals surface area contributed by atoms with Crippen molar-refractivity contribution in [3.05, 3.63) is 47.5 Å². The number of likely N-dealkylation sites (tertiary alicyclic amines) is 1. The quantitative estimate of drug-likeness (QED) is 0.432. The first-order valence-corrected chi connectivity index (χ1v) is 12.5. The number of nitrogens with one attached hydrogen (secondary N) is 2. The Hall–Kier alpha value is -3.35. The number of ether oxygens (including phenoxy) is 1. The van der Waals surface area contributed by atoms with Crippen LogP contribution < -0.4 is 15.4 Å². The third-order valence-corrected chi connectivity index (χ3v) is 7.37. The highest BCUT2D eigenvalue weighted by atomic mass is 32.2. The van der Waals surface area contributed by atoms with E-state index in [4.69, 9.17) is 4.74 Å². The Labute approximate surface area is 210 Å². The lowest BCUT2D eigenvalue weighted by molar-refractivity contribution is -0.113. The molecule has 2 aliphatic heterocycles. The molecular weight excluding hydrogens is 487 g/mol. The number of aliphatic hydroxyl groups is 1. The van der Waals surface area contributed by atoms with Gasteiger partial charge in [0.25, 0.3) is 5.91 Å². The lowest BCUT2D eigenvalue weighted by atomic mass is 10.0. The molecule has 0 radical (unpaired) electrons. The maximum absolute atomic E-state index is 14.6. The fourth-order valence-corrected chi connectivity index (χ4v) is 5.16. The van der Waals surface area contributed by atoms with E-state index in [9.17, 15) is 19.1 Å². The Morgan fingerprint density at radius 3 is 3.03 bits per heavy atom. The smallest absolute Gasteiger partial charge is 0.270 e. The highest BCUT2D eigenvalue weighted by molar-refractivity contribution is 8.00. The zero-order valence-corrected chi connectivity index (χ0v) is 20.4. The number of amides is 2. The topological polar surface area (TPSA) is 130 Å². The summed E-state index contributed by atoms with van der Waals surface area (Å²) in [7, 11) is 1.50. The summed E-state index contributed by atoms with van der Waals surface area (Å²) >= 11 is 1.37. The summed E-state index contributed by atoms with van der Waals surface area (Å²) in [5, 5.41) is 16.4. The van der Waals surface area contributed by atoms with Crippen LogP contribution in [0.25, 0.3) is 11.0 Å². The van der Waals surface area contributed by atoms with Gasteiger partial charge in [0.2, 0.25) is 11.8 Å². The molecule has 0 aliphatic carbocycles. The molecule has 0 aromatic carbocycles. The second-order valence-electron chi connectivity index (χ2n) is 8.87. The molecule has 0 bridgehead atoms. The van der Waals surface area contributed by atoms with Crippen molar-refractivity contribution in [2.45, 2.75) is 23.3 Å². The van der Waals surface area contributed by atoms with E-state index in [-0.39, 0.29) is 18.1 Å². The molecule has 3 aromatic rings. The van der Waals surface area contributed by atoms with Gasteiger partial charge in [-0.3, -0.25) is 19.5 Å². The second kappa shape index (κ2) is 9.96. The van der Waals surface area contributed by atoms with Crippen LogP contribution in [0.1, 0.15) is 22.5 Å². The molecule has 1 atom stereocenters. The summed E-state index contributed by atoms with van der Waals surface area (Å²) in [5.74, 6) is 0.0532. The predicted octanol–water partition coefficient (Wildman–Crippen LogP) is 1.63. The van der Waals surface area contributed by atoms with Crippen LogP contribution in [0.5, 0.6) is 5.88 Å². The van der Waals surface area contributed by atoms with Gasteiger partial charge in [-0.2, -0.15) is 0 Å². The van der Waals surface area contributed by atoms with Crippen molar-refractivity contribution < 1.29 is 23.8 Å². The number of β-amino-alcohol motifs (C(OH)–C–C–N with tert-alkyl or cyclic N) is 1. The number of hydrogen-bond donors (Lipinski definition) is 3. The second-order valence-corrected chi connectivity index (χ2v) is 9.89. The first-order valence-electron chi connectivity index (χ1n) is 11.5. The maximum Gasteiger partial charge on any atom is 0.270 e. The monoisotopic (exact) mass is 512 g/mol. The van der Waals surface area contributed by atoms with Crippen LogP contribution in [0.4, 0.5) is 10.2 Å². The third kappa shape index (κ3) is 5.11. The van der Waals surface area contributed by atoms with Gasteiger partial charge < -0.3 is 20.5 Å². The van der Waals surface area contributed by atoms with Crippen LogP contribution in [0.2, 0.25) is 0 Å². The van der Waals surface area contributed by atoms with Crippen molar-refractivity contribution in [2.75, 3.05) is 44.4 Å². The molecular formula is C24H25FN6O4S. The van der Waals surface area contributed by atoms with Crippen molar-refractivity contribution >= 4 is 40.4 Å². The maximum atomic E-state index is 14.6. The molecule has 2 aliphatic rings. The van der Waals surface area contributed by atoms with Crippen molar-refractivity contribution in [3.63, 3.8) is 0 Å². The Morgan fingerprint density at radius 2 is 2.19 bits per heavy atom. The van der Waals surface area contributed by atoms with E-state index in [2.05, 4.69) is 25.6 Å².